The first kappa shape index (κ1) is 10.7. The van der Waals surface area contributed by atoms with Crippen LogP contribution in [0.25, 0.3) is 10.9 Å². The molecule has 84 valence electrons. The first-order valence-corrected chi connectivity index (χ1v) is 5.28. The minimum Gasteiger partial charge on any atom is -0.481 e. The Hall–Kier alpha value is -1.84. The molecule has 2 rings (SSSR count). The van der Waals surface area contributed by atoms with Crippen molar-refractivity contribution in [2.75, 3.05) is 0 Å². The summed E-state index contributed by atoms with van der Waals surface area (Å²) in [7, 11) is 1.88. The average molecular weight is 218 g/mol. The van der Waals surface area contributed by atoms with E-state index in [1.165, 1.54) is 0 Å². The molecule has 2 aromatic rings. The van der Waals surface area contributed by atoms with Gasteiger partial charge in [0.15, 0.2) is 0 Å². The predicted molar refractivity (Wildman–Crippen MR) is 61.4 cm³/mol. The highest BCUT2D eigenvalue weighted by molar-refractivity contribution is 5.83. The molecule has 0 amide bonds. The second-order valence-electron chi connectivity index (χ2n) is 3.85. The molecule has 0 spiro atoms. The van der Waals surface area contributed by atoms with E-state index in [0.717, 1.165) is 28.6 Å². The molecule has 1 N–H and O–H groups in total. The van der Waals surface area contributed by atoms with E-state index < -0.39 is 5.97 Å². The topological polar surface area (TPSA) is 55.1 Å². The molecule has 4 nitrogen and oxygen atoms in total. The molecule has 0 radical (unpaired) electrons. The summed E-state index contributed by atoms with van der Waals surface area (Å²) < 4.78 is 1.81. The molecule has 1 heterocycles. The van der Waals surface area contributed by atoms with Gasteiger partial charge in [-0.2, -0.15) is 5.10 Å². The molecule has 0 saturated carbocycles. The van der Waals surface area contributed by atoms with Gasteiger partial charge in [-0.3, -0.25) is 9.48 Å². The summed E-state index contributed by atoms with van der Waals surface area (Å²) in [5, 5.41) is 14.2. The van der Waals surface area contributed by atoms with E-state index in [9.17, 15) is 4.79 Å². The number of aliphatic carboxylic acids is 1. The Labute approximate surface area is 93.5 Å². The minimum atomic E-state index is -0.808. The van der Waals surface area contributed by atoms with E-state index in [4.69, 9.17) is 5.11 Å². The van der Waals surface area contributed by atoms with E-state index in [1.54, 1.807) is 4.68 Å². The second-order valence-corrected chi connectivity index (χ2v) is 3.85. The molecule has 0 unspecified atom stereocenters. The van der Waals surface area contributed by atoms with E-state index >= 15 is 0 Å². The normalized spacial score (nSPS) is 10.9. The molecule has 0 fully saturated rings. The van der Waals surface area contributed by atoms with Crippen LogP contribution in [0, 0.1) is 0 Å². The van der Waals surface area contributed by atoms with Gasteiger partial charge in [0.2, 0.25) is 0 Å². The Morgan fingerprint density at radius 1 is 1.50 bits per heavy atom. The first-order chi connectivity index (χ1) is 7.61. The van der Waals surface area contributed by atoms with Gasteiger partial charge in [0.1, 0.15) is 0 Å². The van der Waals surface area contributed by atoms with Crippen molar-refractivity contribution in [3.63, 3.8) is 0 Å². The molecule has 0 atom stereocenters. The maximum Gasteiger partial charge on any atom is 0.307 e. The zero-order valence-corrected chi connectivity index (χ0v) is 9.40. The summed E-state index contributed by atoms with van der Waals surface area (Å²) in [6, 6.07) is 5.71. The number of hydrogen-bond donors (Lipinski definition) is 1. The van der Waals surface area contributed by atoms with Crippen LogP contribution in [0.5, 0.6) is 0 Å². The van der Waals surface area contributed by atoms with Crippen LogP contribution in [-0.4, -0.2) is 20.9 Å². The van der Waals surface area contributed by atoms with Crippen molar-refractivity contribution in [2.45, 2.75) is 19.8 Å². The monoisotopic (exact) mass is 218 g/mol. The number of benzene rings is 1. The fraction of sp³-hybridized carbons (Fsp3) is 0.333. The Morgan fingerprint density at radius 3 is 2.88 bits per heavy atom. The van der Waals surface area contributed by atoms with Gasteiger partial charge in [0, 0.05) is 12.4 Å². The number of fused-ring (bicyclic) bond motifs is 1. The van der Waals surface area contributed by atoms with Crippen molar-refractivity contribution >= 4 is 16.9 Å². The lowest BCUT2D eigenvalue weighted by atomic mass is 10.1. The Balaban J connectivity index is 2.53. The Morgan fingerprint density at radius 2 is 2.25 bits per heavy atom. The number of aromatic nitrogens is 2. The molecule has 0 bridgehead atoms. The minimum absolute atomic E-state index is 0.0581. The predicted octanol–water partition coefficient (Wildman–Crippen LogP) is 1.76. The van der Waals surface area contributed by atoms with E-state index in [-0.39, 0.29) is 6.42 Å². The standard InChI is InChI=1S/C12H14N2O2/c1-3-10-9-5-4-8(7-12(15)16)6-11(9)14(2)13-10/h4-6H,3,7H2,1-2H3,(H,15,16). The van der Waals surface area contributed by atoms with Crippen molar-refractivity contribution in [1.82, 2.24) is 9.78 Å². The fourth-order valence-corrected chi connectivity index (χ4v) is 1.92. The van der Waals surface area contributed by atoms with Crippen molar-refractivity contribution in [2.24, 2.45) is 7.05 Å². The first-order valence-electron chi connectivity index (χ1n) is 5.28. The summed E-state index contributed by atoms with van der Waals surface area (Å²) in [6.07, 6.45) is 0.943. The molecule has 0 saturated heterocycles. The van der Waals surface area contributed by atoms with Crippen molar-refractivity contribution in [1.29, 1.82) is 0 Å². The van der Waals surface area contributed by atoms with E-state index in [0.29, 0.717) is 0 Å². The lowest BCUT2D eigenvalue weighted by molar-refractivity contribution is -0.136. The van der Waals surface area contributed by atoms with Crippen LogP contribution in [-0.2, 0) is 24.7 Å². The Kier molecular flexibility index (Phi) is 2.64. The summed E-state index contributed by atoms with van der Waals surface area (Å²) in [5.41, 5.74) is 2.86. The van der Waals surface area contributed by atoms with Crippen LogP contribution in [0.3, 0.4) is 0 Å². The summed E-state index contributed by atoms with van der Waals surface area (Å²) in [6.45, 7) is 2.06. The third-order valence-electron chi connectivity index (χ3n) is 2.68. The number of carbonyl (C=O) groups is 1. The van der Waals surface area contributed by atoms with Gasteiger partial charge < -0.3 is 5.11 Å². The van der Waals surface area contributed by atoms with Crippen LogP contribution < -0.4 is 0 Å². The smallest absolute Gasteiger partial charge is 0.307 e. The van der Waals surface area contributed by atoms with Gasteiger partial charge in [-0.1, -0.05) is 19.1 Å². The highest BCUT2D eigenvalue weighted by atomic mass is 16.4. The number of hydrogen-bond acceptors (Lipinski definition) is 2. The third-order valence-corrected chi connectivity index (χ3v) is 2.68. The molecule has 16 heavy (non-hydrogen) atoms. The van der Waals surface area contributed by atoms with Crippen LogP contribution in [0.2, 0.25) is 0 Å². The van der Waals surface area contributed by atoms with Crippen LogP contribution in [0.1, 0.15) is 18.2 Å². The largest absolute Gasteiger partial charge is 0.481 e. The van der Waals surface area contributed by atoms with Gasteiger partial charge in [0.05, 0.1) is 17.6 Å². The summed E-state index contributed by atoms with van der Waals surface area (Å²) >= 11 is 0. The highest BCUT2D eigenvalue weighted by Crippen LogP contribution is 2.20. The van der Waals surface area contributed by atoms with Gasteiger partial charge in [0.25, 0.3) is 0 Å². The Bertz CT molecular complexity index is 543. The SMILES string of the molecule is CCc1nn(C)c2cc(CC(=O)O)ccc12. The molecular weight excluding hydrogens is 204 g/mol. The zero-order chi connectivity index (χ0) is 11.7. The van der Waals surface area contributed by atoms with Gasteiger partial charge >= 0.3 is 5.97 Å². The summed E-state index contributed by atoms with van der Waals surface area (Å²) in [4.78, 5) is 10.6. The maximum atomic E-state index is 10.6. The lowest BCUT2D eigenvalue weighted by Gasteiger charge is -1.99. The highest BCUT2D eigenvalue weighted by Gasteiger charge is 2.08. The molecule has 1 aromatic heterocycles. The van der Waals surface area contributed by atoms with Crippen molar-refractivity contribution < 1.29 is 9.90 Å². The van der Waals surface area contributed by atoms with E-state index in [2.05, 4.69) is 12.0 Å². The van der Waals surface area contributed by atoms with Gasteiger partial charge in [-0.05, 0) is 18.1 Å². The third kappa shape index (κ3) is 1.78. The molecule has 0 aliphatic heterocycles. The molecule has 1 aromatic carbocycles. The molecular formula is C12H14N2O2. The number of carboxylic acids is 1. The van der Waals surface area contributed by atoms with Crippen molar-refractivity contribution in [3.8, 4) is 0 Å². The molecule has 0 aliphatic carbocycles. The molecule has 0 aliphatic rings. The lowest BCUT2D eigenvalue weighted by Crippen LogP contribution is -2.00. The fourth-order valence-electron chi connectivity index (χ4n) is 1.92. The maximum absolute atomic E-state index is 10.6. The van der Waals surface area contributed by atoms with E-state index in [1.807, 2.05) is 25.2 Å². The number of rotatable bonds is 3. The van der Waals surface area contributed by atoms with Crippen LogP contribution >= 0.6 is 0 Å². The molecule has 4 heteroatoms. The van der Waals surface area contributed by atoms with Gasteiger partial charge in [-0.25, -0.2) is 0 Å². The number of nitrogens with zero attached hydrogens (tertiary/aromatic N) is 2. The summed E-state index contributed by atoms with van der Waals surface area (Å²) in [5.74, 6) is -0.808. The van der Waals surface area contributed by atoms with Crippen LogP contribution in [0.4, 0.5) is 0 Å². The zero-order valence-electron chi connectivity index (χ0n) is 9.40. The van der Waals surface area contributed by atoms with Crippen molar-refractivity contribution in [3.05, 3.63) is 29.5 Å². The van der Waals surface area contributed by atoms with Gasteiger partial charge in [-0.15, -0.1) is 0 Å². The van der Waals surface area contributed by atoms with Crippen LogP contribution in [0.15, 0.2) is 18.2 Å². The quantitative estimate of drug-likeness (QED) is 0.854. The number of carboxylic acid groups (broad SMARTS) is 1. The number of aryl methyl sites for hydroxylation is 2. The average Bonchev–Trinajstić information content (AvgIpc) is 2.55. The second kappa shape index (κ2) is 3.96.